The maximum absolute atomic E-state index is 11.1. The summed E-state index contributed by atoms with van der Waals surface area (Å²) in [5, 5.41) is 9.82. The van der Waals surface area contributed by atoms with Gasteiger partial charge >= 0.3 is 5.97 Å². The molecule has 17 heavy (non-hydrogen) atoms. The monoisotopic (exact) mass is 236 g/mol. The second kappa shape index (κ2) is 5.82. The Morgan fingerprint density at radius 1 is 1.29 bits per heavy atom. The molecule has 0 radical (unpaired) electrons. The van der Waals surface area contributed by atoms with Crippen molar-refractivity contribution in [1.29, 1.82) is 0 Å². The minimum atomic E-state index is -0.678. The van der Waals surface area contributed by atoms with Crippen molar-refractivity contribution in [3.8, 4) is 0 Å². The number of methoxy groups -OCH3 is 1. The summed E-state index contributed by atoms with van der Waals surface area (Å²) in [6.45, 7) is 6.11. The van der Waals surface area contributed by atoms with Crippen LogP contribution in [0.1, 0.15) is 28.7 Å². The van der Waals surface area contributed by atoms with Gasteiger partial charge in [0, 0.05) is 0 Å². The van der Waals surface area contributed by atoms with E-state index in [9.17, 15) is 9.90 Å². The molecule has 1 aromatic rings. The lowest BCUT2D eigenvalue weighted by molar-refractivity contribution is -0.142. The highest BCUT2D eigenvalue weighted by atomic mass is 16.5. The first-order valence-electron chi connectivity index (χ1n) is 5.75. The molecule has 0 aliphatic carbocycles. The number of carbonyl (C=O) groups is 1. The second-order valence-electron chi connectivity index (χ2n) is 4.52. The van der Waals surface area contributed by atoms with Crippen molar-refractivity contribution in [3.05, 3.63) is 34.4 Å². The van der Waals surface area contributed by atoms with Gasteiger partial charge in [0.2, 0.25) is 0 Å². The Kier molecular flexibility index (Phi) is 4.70. The Bertz CT molecular complexity index is 387. The molecule has 1 N–H and O–H groups in total. The Balaban J connectivity index is 2.78. The molecular weight excluding hydrogens is 216 g/mol. The van der Waals surface area contributed by atoms with Crippen molar-refractivity contribution in [3.63, 3.8) is 0 Å². The lowest BCUT2D eigenvalue weighted by Gasteiger charge is -2.15. The molecule has 3 nitrogen and oxygen atoms in total. The number of esters is 1. The molecule has 3 heteroatoms. The van der Waals surface area contributed by atoms with E-state index in [0.29, 0.717) is 6.42 Å². The third kappa shape index (κ3) is 3.86. The zero-order valence-electron chi connectivity index (χ0n) is 10.9. The first kappa shape index (κ1) is 13.7. The van der Waals surface area contributed by atoms with Crippen LogP contribution < -0.4 is 0 Å². The maximum atomic E-state index is 11.1. The van der Waals surface area contributed by atoms with Crippen LogP contribution in [-0.2, 0) is 16.0 Å². The average molecular weight is 236 g/mol. The van der Waals surface area contributed by atoms with Crippen molar-refractivity contribution in [1.82, 2.24) is 0 Å². The van der Waals surface area contributed by atoms with E-state index in [0.717, 1.165) is 16.7 Å². The summed E-state index contributed by atoms with van der Waals surface area (Å²) in [7, 11) is 1.33. The minimum absolute atomic E-state index is 0.0449. The largest absolute Gasteiger partial charge is 0.469 e. The van der Waals surface area contributed by atoms with Crippen LogP contribution in [0.3, 0.4) is 0 Å². The smallest absolute Gasteiger partial charge is 0.308 e. The van der Waals surface area contributed by atoms with Gasteiger partial charge in [0.1, 0.15) is 0 Å². The van der Waals surface area contributed by atoms with Gasteiger partial charge in [-0.3, -0.25) is 4.79 Å². The number of ether oxygens (including phenoxy) is 1. The van der Waals surface area contributed by atoms with Crippen LogP contribution in [-0.4, -0.2) is 24.3 Å². The molecule has 94 valence electrons. The summed E-state index contributed by atoms with van der Waals surface area (Å²) in [6.07, 6.45) is -0.140. The van der Waals surface area contributed by atoms with Gasteiger partial charge in [-0.2, -0.15) is 0 Å². The number of rotatable bonds is 4. The summed E-state index contributed by atoms with van der Waals surface area (Å²) in [5.41, 5.74) is 4.65. The van der Waals surface area contributed by atoms with Gasteiger partial charge in [0.15, 0.2) is 0 Å². The average Bonchev–Trinajstić information content (AvgIpc) is 2.23. The fourth-order valence-corrected chi connectivity index (χ4v) is 2.12. The van der Waals surface area contributed by atoms with Gasteiger partial charge in [0.25, 0.3) is 0 Å². The molecule has 1 rings (SSSR count). The quantitative estimate of drug-likeness (QED) is 0.814. The number of aliphatic hydroxyl groups is 1. The molecule has 0 fully saturated rings. The molecule has 0 amide bonds. The van der Waals surface area contributed by atoms with Crippen molar-refractivity contribution >= 4 is 5.97 Å². The highest BCUT2D eigenvalue weighted by Gasteiger charge is 2.14. The summed E-state index contributed by atoms with van der Waals surface area (Å²) >= 11 is 0. The molecule has 1 atom stereocenters. The van der Waals surface area contributed by atoms with E-state index in [1.807, 2.05) is 13.8 Å². The van der Waals surface area contributed by atoms with E-state index < -0.39 is 6.10 Å². The Hall–Kier alpha value is -1.35. The van der Waals surface area contributed by atoms with Gasteiger partial charge in [-0.1, -0.05) is 17.7 Å². The van der Waals surface area contributed by atoms with Crippen LogP contribution >= 0.6 is 0 Å². The molecule has 0 aliphatic rings. The molecular formula is C14H20O3. The zero-order chi connectivity index (χ0) is 13.0. The van der Waals surface area contributed by atoms with Gasteiger partial charge in [-0.15, -0.1) is 0 Å². The molecule has 0 spiro atoms. The summed E-state index contributed by atoms with van der Waals surface area (Å²) in [5.74, 6) is -0.375. The van der Waals surface area contributed by atoms with E-state index in [2.05, 4.69) is 23.8 Å². The topological polar surface area (TPSA) is 46.5 Å². The number of carbonyl (C=O) groups excluding carboxylic acids is 1. The Morgan fingerprint density at radius 3 is 2.29 bits per heavy atom. The summed E-state index contributed by atoms with van der Waals surface area (Å²) in [4.78, 5) is 11.1. The highest BCUT2D eigenvalue weighted by molar-refractivity contribution is 5.69. The molecule has 1 aromatic carbocycles. The summed E-state index contributed by atoms with van der Waals surface area (Å²) < 4.78 is 4.54. The fourth-order valence-electron chi connectivity index (χ4n) is 2.12. The van der Waals surface area contributed by atoms with Crippen molar-refractivity contribution in [2.45, 2.75) is 39.7 Å². The van der Waals surface area contributed by atoms with Crippen molar-refractivity contribution in [2.24, 2.45) is 0 Å². The standard InChI is InChI=1S/C14H20O3/c1-9-5-10(2)13(11(3)6-9)7-12(15)8-14(16)17-4/h5-6,12,15H,7-8H2,1-4H3. The number of hydrogen-bond acceptors (Lipinski definition) is 3. The lowest BCUT2D eigenvalue weighted by atomic mass is 9.94. The molecule has 1 unspecified atom stereocenters. The van der Waals surface area contributed by atoms with Crippen LogP contribution in [0.2, 0.25) is 0 Å². The molecule has 0 aromatic heterocycles. The number of aliphatic hydroxyl groups excluding tert-OH is 1. The van der Waals surface area contributed by atoms with Crippen LogP contribution in [0.4, 0.5) is 0 Å². The van der Waals surface area contributed by atoms with Gasteiger partial charge in [-0.25, -0.2) is 0 Å². The van der Waals surface area contributed by atoms with E-state index >= 15 is 0 Å². The van der Waals surface area contributed by atoms with E-state index in [4.69, 9.17) is 0 Å². The van der Waals surface area contributed by atoms with Crippen LogP contribution in [0.25, 0.3) is 0 Å². The number of aryl methyl sites for hydroxylation is 3. The number of hydrogen-bond donors (Lipinski definition) is 1. The van der Waals surface area contributed by atoms with E-state index in [1.54, 1.807) is 0 Å². The normalized spacial score (nSPS) is 12.3. The third-order valence-electron chi connectivity index (χ3n) is 2.91. The molecule has 0 aliphatic heterocycles. The van der Waals surface area contributed by atoms with Crippen LogP contribution in [0, 0.1) is 20.8 Å². The van der Waals surface area contributed by atoms with Crippen LogP contribution in [0.5, 0.6) is 0 Å². The zero-order valence-corrected chi connectivity index (χ0v) is 10.9. The van der Waals surface area contributed by atoms with E-state index in [1.165, 1.54) is 12.7 Å². The lowest BCUT2D eigenvalue weighted by Crippen LogP contribution is -2.18. The van der Waals surface area contributed by atoms with Gasteiger partial charge in [0.05, 0.1) is 19.6 Å². The molecule has 0 bridgehead atoms. The SMILES string of the molecule is COC(=O)CC(O)Cc1c(C)cc(C)cc1C. The highest BCUT2D eigenvalue weighted by Crippen LogP contribution is 2.19. The first-order chi connectivity index (χ1) is 7.93. The second-order valence-corrected chi connectivity index (χ2v) is 4.52. The summed E-state index contributed by atoms with van der Waals surface area (Å²) in [6, 6.07) is 4.18. The number of benzene rings is 1. The van der Waals surface area contributed by atoms with Crippen LogP contribution in [0.15, 0.2) is 12.1 Å². The molecule has 0 saturated heterocycles. The molecule has 0 heterocycles. The van der Waals surface area contributed by atoms with E-state index in [-0.39, 0.29) is 12.4 Å². The maximum Gasteiger partial charge on any atom is 0.308 e. The van der Waals surface area contributed by atoms with Crippen molar-refractivity contribution in [2.75, 3.05) is 7.11 Å². The van der Waals surface area contributed by atoms with Crippen molar-refractivity contribution < 1.29 is 14.6 Å². The minimum Gasteiger partial charge on any atom is -0.469 e. The third-order valence-corrected chi connectivity index (χ3v) is 2.91. The molecule has 0 saturated carbocycles. The Morgan fingerprint density at radius 2 is 1.82 bits per heavy atom. The van der Waals surface area contributed by atoms with Gasteiger partial charge < -0.3 is 9.84 Å². The Labute approximate surface area is 102 Å². The fraction of sp³-hybridized carbons (Fsp3) is 0.500. The predicted octanol–water partition coefficient (Wildman–Crippen LogP) is 2.08. The predicted molar refractivity (Wildman–Crippen MR) is 67.0 cm³/mol. The first-order valence-corrected chi connectivity index (χ1v) is 5.75. The van der Waals surface area contributed by atoms with Gasteiger partial charge in [-0.05, 0) is 43.9 Å².